The summed E-state index contributed by atoms with van der Waals surface area (Å²) in [4.78, 5) is 4.27. The fraction of sp³-hybridized carbons (Fsp3) is 0.611. The van der Waals surface area contributed by atoms with E-state index in [2.05, 4.69) is 15.6 Å². The molecule has 0 saturated carbocycles. The molecule has 0 unspecified atom stereocenters. The van der Waals surface area contributed by atoms with E-state index in [9.17, 15) is 13.2 Å². The molecule has 8 heteroatoms. The van der Waals surface area contributed by atoms with E-state index in [4.69, 9.17) is 9.47 Å². The quantitative estimate of drug-likeness (QED) is 0.373. The van der Waals surface area contributed by atoms with E-state index in [1.807, 2.05) is 13.8 Å². The van der Waals surface area contributed by atoms with Crippen LogP contribution in [-0.2, 0) is 17.5 Å². The van der Waals surface area contributed by atoms with Crippen LogP contribution >= 0.6 is 0 Å². The van der Waals surface area contributed by atoms with Crippen molar-refractivity contribution >= 4 is 5.96 Å². The van der Waals surface area contributed by atoms with Gasteiger partial charge in [-0.3, -0.25) is 0 Å². The Kier molecular flexibility index (Phi) is 9.87. The van der Waals surface area contributed by atoms with Crippen molar-refractivity contribution in [2.75, 3.05) is 33.4 Å². The molecule has 0 radical (unpaired) electrons. The van der Waals surface area contributed by atoms with E-state index in [-0.39, 0.29) is 17.9 Å². The Morgan fingerprint density at radius 3 is 2.54 bits per heavy atom. The summed E-state index contributed by atoms with van der Waals surface area (Å²) >= 11 is 0. The Balaban J connectivity index is 2.73. The van der Waals surface area contributed by atoms with Crippen LogP contribution in [0, 0.1) is 0 Å². The third kappa shape index (κ3) is 7.95. The first-order chi connectivity index (χ1) is 12.4. The van der Waals surface area contributed by atoms with Crippen LogP contribution in [-0.4, -0.2) is 39.4 Å². The van der Waals surface area contributed by atoms with Gasteiger partial charge >= 0.3 is 6.18 Å². The summed E-state index contributed by atoms with van der Waals surface area (Å²) in [6.07, 6.45) is -2.65. The van der Waals surface area contributed by atoms with Crippen molar-refractivity contribution in [2.24, 2.45) is 4.99 Å². The van der Waals surface area contributed by atoms with Crippen molar-refractivity contribution in [2.45, 2.75) is 39.4 Å². The number of aliphatic imine (C=N–C) groups is 1. The smallest absolute Gasteiger partial charge is 0.416 e. The number of nitrogens with zero attached hydrogens (tertiary/aromatic N) is 1. The summed E-state index contributed by atoms with van der Waals surface area (Å²) in [5.41, 5.74) is -0.625. The highest BCUT2D eigenvalue weighted by Crippen LogP contribution is 2.34. The summed E-state index contributed by atoms with van der Waals surface area (Å²) in [5, 5.41) is 6.16. The minimum absolute atomic E-state index is 0.0763. The van der Waals surface area contributed by atoms with E-state index >= 15 is 0 Å². The van der Waals surface area contributed by atoms with Crippen molar-refractivity contribution in [3.05, 3.63) is 29.3 Å². The molecule has 0 fully saturated rings. The van der Waals surface area contributed by atoms with Gasteiger partial charge in [0.25, 0.3) is 0 Å². The molecule has 1 rings (SSSR count). The van der Waals surface area contributed by atoms with E-state index in [1.54, 1.807) is 0 Å². The van der Waals surface area contributed by atoms with Gasteiger partial charge in [0.2, 0.25) is 0 Å². The number of alkyl halides is 3. The molecule has 0 spiro atoms. The SMILES string of the molecule is CCNC(=NCc1ccc(OC)cc1C(F)(F)F)NCCCCOCC. The van der Waals surface area contributed by atoms with Crippen LogP contribution in [0.1, 0.15) is 37.8 Å². The summed E-state index contributed by atoms with van der Waals surface area (Å²) in [6.45, 7) is 6.47. The van der Waals surface area contributed by atoms with Gasteiger partial charge in [0.05, 0.1) is 19.2 Å². The van der Waals surface area contributed by atoms with Gasteiger partial charge in [-0.15, -0.1) is 0 Å². The highest BCUT2D eigenvalue weighted by atomic mass is 19.4. The van der Waals surface area contributed by atoms with Gasteiger partial charge in [-0.25, -0.2) is 4.99 Å². The molecule has 0 heterocycles. The van der Waals surface area contributed by atoms with Crippen LogP contribution in [0.25, 0.3) is 0 Å². The van der Waals surface area contributed by atoms with Gasteiger partial charge in [-0.1, -0.05) is 6.07 Å². The van der Waals surface area contributed by atoms with Gasteiger partial charge in [0.15, 0.2) is 5.96 Å². The van der Waals surface area contributed by atoms with E-state index < -0.39 is 11.7 Å². The van der Waals surface area contributed by atoms with Crippen LogP contribution in [0.4, 0.5) is 13.2 Å². The first kappa shape index (κ1) is 22.1. The Hall–Kier alpha value is -1.96. The van der Waals surface area contributed by atoms with Crippen molar-refractivity contribution in [1.82, 2.24) is 10.6 Å². The molecule has 0 atom stereocenters. The number of rotatable bonds is 10. The van der Waals surface area contributed by atoms with Crippen LogP contribution < -0.4 is 15.4 Å². The maximum atomic E-state index is 13.2. The topological polar surface area (TPSA) is 54.9 Å². The molecule has 0 aromatic heterocycles. The van der Waals surface area contributed by atoms with E-state index in [0.29, 0.717) is 32.3 Å². The summed E-state index contributed by atoms with van der Waals surface area (Å²) in [5.74, 6) is 0.664. The minimum atomic E-state index is -4.45. The van der Waals surface area contributed by atoms with Gasteiger partial charge in [0.1, 0.15) is 5.75 Å². The van der Waals surface area contributed by atoms with Crippen molar-refractivity contribution in [1.29, 1.82) is 0 Å². The normalized spacial score (nSPS) is 12.2. The van der Waals surface area contributed by atoms with Crippen LogP contribution in [0.2, 0.25) is 0 Å². The van der Waals surface area contributed by atoms with Gasteiger partial charge < -0.3 is 20.1 Å². The average Bonchev–Trinajstić information content (AvgIpc) is 2.61. The molecule has 0 amide bonds. The van der Waals surface area contributed by atoms with Gasteiger partial charge in [0, 0.05) is 26.3 Å². The summed E-state index contributed by atoms with van der Waals surface area (Å²) < 4.78 is 49.9. The molecular formula is C18H28F3N3O2. The van der Waals surface area contributed by atoms with Crippen LogP contribution in [0.5, 0.6) is 5.75 Å². The lowest BCUT2D eigenvalue weighted by Gasteiger charge is -2.15. The zero-order valence-electron chi connectivity index (χ0n) is 15.6. The molecule has 0 aliphatic rings. The molecule has 5 nitrogen and oxygen atoms in total. The largest absolute Gasteiger partial charge is 0.497 e. The number of benzene rings is 1. The third-order valence-electron chi connectivity index (χ3n) is 3.59. The first-order valence-electron chi connectivity index (χ1n) is 8.76. The second-order valence-electron chi connectivity index (χ2n) is 5.55. The number of methoxy groups -OCH3 is 1. The average molecular weight is 375 g/mol. The number of halogens is 3. The molecule has 1 aromatic rings. The fourth-order valence-electron chi connectivity index (χ4n) is 2.27. The number of hydrogen-bond donors (Lipinski definition) is 2. The molecular weight excluding hydrogens is 347 g/mol. The van der Waals surface area contributed by atoms with E-state index in [1.165, 1.54) is 19.2 Å². The molecule has 148 valence electrons. The predicted molar refractivity (Wildman–Crippen MR) is 96.5 cm³/mol. The Morgan fingerprint density at radius 2 is 1.92 bits per heavy atom. The van der Waals surface area contributed by atoms with Gasteiger partial charge in [-0.05, 0) is 44.4 Å². The van der Waals surface area contributed by atoms with Crippen molar-refractivity contribution in [3.8, 4) is 5.75 Å². The van der Waals surface area contributed by atoms with Crippen molar-refractivity contribution in [3.63, 3.8) is 0 Å². The Morgan fingerprint density at radius 1 is 1.15 bits per heavy atom. The summed E-state index contributed by atoms with van der Waals surface area (Å²) in [7, 11) is 1.34. The molecule has 2 N–H and O–H groups in total. The molecule has 26 heavy (non-hydrogen) atoms. The third-order valence-corrected chi connectivity index (χ3v) is 3.59. The maximum Gasteiger partial charge on any atom is 0.416 e. The number of nitrogens with one attached hydrogen (secondary N) is 2. The monoisotopic (exact) mass is 375 g/mol. The lowest BCUT2D eigenvalue weighted by Crippen LogP contribution is -2.37. The van der Waals surface area contributed by atoms with Crippen LogP contribution in [0.15, 0.2) is 23.2 Å². The summed E-state index contributed by atoms with van der Waals surface area (Å²) in [6, 6.07) is 3.91. The number of ether oxygens (including phenoxy) is 2. The first-order valence-corrected chi connectivity index (χ1v) is 8.76. The zero-order chi connectivity index (χ0) is 19.4. The molecule has 1 aromatic carbocycles. The van der Waals surface area contributed by atoms with Crippen LogP contribution in [0.3, 0.4) is 0 Å². The van der Waals surface area contributed by atoms with Gasteiger partial charge in [-0.2, -0.15) is 13.2 Å². The second kappa shape index (κ2) is 11.6. The fourth-order valence-corrected chi connectivity index (χ4v) is 2.27. The lowest BCUT2D eigenvalue weighted by molar-refractivity contribution is -0.138. The molecule has 0 saturated heterocycles. The number of unbranched alkanes of at least 4 members (excludes halogenated alkanes) is 1. The predicted octanol–water partition coefficient (Wildman–Crippen LogP) is 3.59. The minimum Gasteiger partial charge on any atom is -0.497 e. The lowest BCUT2D eigenvalue weighted by atomic mass is 10.1. The van der Waals surface area contributed by atoms with Crippen molar-refractivity contribution < 1.29 is 22.6 Å². The second-order valence-corrected chi connectivity index (χ2v) is 5.55. The van der Waals surface area contributed by atoms with E-state index in [0.717, 1.165) is 18.9 Å². The molecule has 0 bridgehead atoms. The molecule has 0 aliphatic carbocycles. The number of guanidine groups is 1. The molecule has 0 aliphatic heterocycles. The zero-order valence-corrected chi connectivity index (χ0v) is 15.6. The Labute approximate surface area is 153 Å². The Bertz CT molecular complexity index is 563. The number of hydrogen-bond acceptors (Lipinski definition) is 3. The standard InChI is InChI=1S/C18H28F3N3O2/c1-4-22-17(23-10-6-7-11-26-5-2)24-13-14-8-9-15(25-3)12-16(14)18(19,20)21/h8-9,12H,4-7,10-11,13H2,1-3H3,(H2,22,23,24). The highest BCUT2D eigenvalue weighted by molar-refractivity contribution is 5.79. The maximum absolute atomic E-state index is 13.2. The highest BCUT2D eigenvalue weighted by Gasteiger charge is 2.33.